The number of alkyl halides is 1. The Bertz CT molecular complexity index is 488. The molecule has 0 radical (unpaired) electrons. The number of aliphatic imine (C=N–C) groups is 2. The van der Waals surface area contributed by atoms with E-state index in [0.29, 0.717) is 11.3 Å². The summed E-state index contributed by atoms with van der Waals surface area (Å²) in [5.41, 5.74) is 1.03. The first-order valence-electron chi connectivity index (χ1n) is 4.60. The number of rotatable bonds is 0. The maximum Gasteiger partial charge on any atom is 0.282 e. The van der Waals surface area contributed by atoms with Crippen molar-refractivity contribution in [2.24, 2.45) is 9.98 Å². The molecule has 5 nitrogen and oxygen atoms in total. The van der Waals surface area contributed by atoms with Gasteiger partial charge in [-0.3, -0.25) is 14.9 Å². The topological polar surface area (TPSA) is 70.9 Å². The van der Waals surface area contributed by atoms with Gasteiger partial charge in [0, 0.05) is 6.92 Å². The lowest BCUT2D eigenvalue weighted by Crippen LogP contribution is -2.35. The molecule has 1 heterocycles. The Balaban J connectivity index is 2.36. The quantitative estimate of drug-likeness (QED) is 0.665. The van der Waals surface area contributed by atoms with E-state index in [4.69, 9.17) is 0 Å². The molecule has 0 saturated carbocycles. The van der Waals surface area contributed by atoms with Crippen LogP contribution in [0.25, 0.3) is 0 Å². The molecule has 1 unspecified atom stereocenters. The summed E-state index contributed by atoms with van der Waals surface area (Å²) in [6.07, 6.45) is 5.28. The van der Waals surface area contributed by atoms with Crippen LogP contribution in [-0.2, 0) is 9.59 Å². The normalized spacial score (nSPS) is 23.0. The van der Waals surface area contributed by atoms with Crippen LogP contribution >= 0.6 is 15.9 Å². The fourth-order valence-corrected chi connectivity index (χ4v) is 1.91. The lowest BCUT2D eigenvalue weighted by molar-refractivity contribution is -0.117. The summed E-state index contributed by atoms with van der Waals surface area (Å²) < 4.78 is 0. The SMILES string of the molecule is CC(=O)NC1=NC(=O)C2=CC=CC(Br)C2=N1. The van der Waals surface area contributed by atoms with Gasteiger partial charge in [0.15, 0.2) is 0 Å². The zero-order chi connectivity index (χ0) is 11.7. The minimum atomic E-state index is -0.387. The van der Waals surface area contributed by atoms with Crippen LogP contribution < -0.4 is 5.32 Å². The fraction of sp³-hybridized carbons (Fsp3) is 0.200. The number of carbonyl (C=O) groups is 2. The molecule has 0 bridgehead atoms. The molecular formula is C10H8BrN3O2. The standard InChI is InChI=1S/C10H8BrN3O2/c1-5(15)12-10-13-8-6(9(16)14-10)3-2-4-7(8)11/h2-4,7H,1H3,(H,12,14,15,16). The first-order chi connectivity index (χ1) is 7.58. The van der Waals surface area contributed by atoms with Crippen LogP contribution in [0.1, 0.15) is 6.92 Å². The van der Waals surface area contributed by atoms with Crippen molar-refractivity contribution in [3.63, 3.8) is 0 Å². The average Bonchev–Trinajstić information content (AvgIpc) is 2.19. The first kappa shape index (κ1) is 10.9. The number of hydrogen-bond acceptors (Lipinski definition) is 3. The van der Waals surface area contributed by atoms with E-state index in [0.717, 1.165) is 0 Å². The highest BCUT2D eigenvalue weighted by Gasteiger charge is 2.27. The van der Waals surface area contributed by atoms with E-state index in [9.17, 15) is 9.59 Å². The molecule has 0 saturated heterocycles. The van der Waals surface area contributed by atoms with E-state index < -0.39 is 0 Å². The van der Waals surface area contributed by atoms with Gasteiger partial charge < -0.3 is 0 Å². The zero-order valence-corrected chi connectivity index (χ0v) is 9.98. The van der Waals surface area contributed by atoms with E-state index >= 15 is 0 Å². The minimum Gasteiger partial charge on any atom is -0.295 e. The molecular weight excluding hydrogens is 274 g/mol. The lowest BCUT2D eigenvalue weighted by atomic mass is 10.0. The summed E-state index contributed by atoms with van der Waals surface area (Å²) in [7, 11) is 0. The summed E-state index contributed by atoms with van der Waals surface area (Å²) in [6.45, 7) is 1.34. The zero-order valence-electron chi connectivity index (χ0n) is 8.40. The van der Waals surface area contributed by atoms with Crippen LogP contribution in [0, 0.1) is 0 Å². The molecule has 0 fully saturated rings. The van der Waals surface area contributed by atoms with Crippen LogP contribution in [-0.4, -0.2) is 28.3 Å². The smallest absolute Gasteiger partial charge is 0.282 e. The Labute approximate surface area is 100 Å². The van der Waals surface area contributed by atoms with Gasteiger partial charge in [0.25, 0.3) is 5.91 Å². The van der Waals surface area contributed by atoms with Crippen molar-refractivity contribution < 1.29 is 9.59 Å². The van der Waals surface area contributed by atoms with Gasteiger partial charge in [-0.05, 0) is 6.08 Å². The Kier molecular flexibility index (Phi) is 2.82. The lowest BCUT2D eigenvalue weighted by Gasteiger charge is -2.18. The molecule has 1 atom stereocenters. The number of fused-ring (bicyclic) bond motifs is 1. The molecule has 1 aliphatic carbocycles. The van der Waals surface area contributed by atoms with Crippen LogP contribution in [0.3, 0.4) is 0 Å². The number of carbonyl (C=O) groups excluding carboxylic acids is 2. The third-order valence-electron chi connectivity index (χ3n) is 2.03. The van der Waals surface area contributed by atoms with E-state index in [1.165, 1.54) is 6.92 Å². The van der Waals surface area contributed by atoms with Gasteiger partial charge in [-0.2, -0.15) is 4.99 Å². The van der Waals surface area contributed by atoms with Crippen LogP contribution in [0.15, 0.2) is 33.8 Å². The fourth-order valence-electron chi connectivity index (χ4n) is 1.39. The summed E-state index contributed by atoms with van der Waals surface area (Å²) in [4.78, 5) is 30.1. The molecule has 82 valence electrons. The highest BCUT2D eigenvalue weighted by atomic mass is 79.9. The summed E-state index contributed by atoms with van der Waals surface area (Å²) in [5.74, 6) is -0.646. The number of amides is 2. The molecule has 1 aliphatic heterocycles. The van der Waals surface area contributed by atoms with Gasteiger partial charge in [-0.25, -0.2) is 4.99 Å². The number of allylic oxidation sites excluding steroid dienone is 3. The van der Waals surface area contributed by atoms with Crippen LogP contribution in [0.5, 0.6) is 0 Å². The Morgan fingerprint density at radius 2 is 2.25 bits per heavy atom. The number of hydrogen-bond donors (Lipinski definition) is 1. The van der Waals surface area contributed by atoms with Crippen molar-refractivity contribution in [3.8, 4) is 0 Å². The second kappa shape index (κ2) is 4.13. The Morgan fingerprint density at radius 3 is 2.94 bits per heavy atom. The molecule has 0 aromatic carbocycles. The molecule has 6 heteroatoms. The molecule has 0 spiro atoms. The van der Waals surface area contributed by atoms with Gasteiger partial charge in [-0.1, -0.05) is 28.1 Å². The highest BCUT2D eigenvalue weighted by Crippen LogP contribution is 2.20. The molecule has 2 rings (SSSR count). The minimum absolute atomic E-state index is 0.0457. The van der Waals surface area contributed by atoms with Crippen molar-refractivity contribution in [3.05, 3.63) is 23.8 Å². The number of halogens is 1. The maximum absolute atomic E-state index is 11.6. The van der Waals surface area contributed by atoms with Crippen molar-refractivity contribution in [2.45, 2.75) is 11.8 Å². The van der Waals surface area contributed by atoms with E-state index in [1.54, 1.807) is 12.2 Å². The van der Waals surface area contributed by atoms with Crippen molar-refractivity contribution in [2.75, 3.05) is 0 Å². The maximum atomic E-state index is 11.6. The highest BCUT2D eigenvalue weighted by molar-refractivity contribution is 9.10. The predicted molar refractivity (Wildman–Crippen MR) is 63.6 cm³/mol. The van der Waals surface area contributed by atoms with E-state index in [-0.39, 0.29) is 22.6 Å². The van der Waals surface area contributed by atoms with Crippen molar-refractivity contribution in [1.29, 1.82) is 0 Å². The Morgan fingerprint density at radius 1 is 1.50 bits per heavy atom. The van der Waals surface area contributed by atoms with Crippen LogP contribution in [0.2, 0.25) is 0 Å². The summed E-state index contributed by atoms with van der Waals surface area (Å²) in [5, 5.41) is 2.40. The molecule has 16 heavy (non-hydrogen) atoms. The molecule has 0 aromatic heterocycles. The monoisotopic (exact) mass is 281 g/mol. The third kappa shape index (κ3) is 2.01. The second-order valence-corrected chi connectivity index (χ2v) is 4.27. The van der Waals surface area contributed by atoms with Crippen molar-refractivity contribution >= 4 is 39.4 Å². The van der Waals surface area contributed by atoms with Gasteiger partial charge in [0.1, 0.15) is 0 Å². The number of guanidine groups is 1. The summed E-state index contributed by atoms with van der Waals surface area (Å²) >= 11 is 3.37. The largest absolute Gasteiger partial charge is 0.295 e. The summed E-state index contributed by atoms with van der Waals surface area (Å²) in [6, 6.07) is 0. The number of nitrogens with one attached hydrogen (secondary N) is 1. The van der Waals surface area contributed by atoms with Gasteiger partial charge in [0.2, 0.25) is 11.9 Å². The number of nitrogens with zero attached hydrogens (tertiary/aromatic N) is 2. The van der Waals surface area contributed by atoms with Crippen molar-refractivity contribution in [1.82, 2.24) is 5.32 Å². The molecule has 1 N–H and O–H groups in total. The van der Waals surface area contributed by atoms with Gasteiger partial charge in [-0.15, -0.1) is 0 Å². The molecule has 0 aromatic rings. The van der Waals surface area contributed by atoms with Gasteiger partial charge >= 0.3 is 0 Å². The first-order valence-corrected chi connectivity index (χ1v) is 5.51. The Hall–Kier alpha value is -1.56. The van der Waals surface area contributed by atoms with E-state index in [1.807, 2.05) is 6.08 Å². The van der Waals surface area contributed by atoms with Crippen LogP contribution in [0.4, 0.5) is 0 Å². The second-order valence-electron chi connectivity index (χ2n) is 3.29. The molecule has 2 aliphatic rings. The van der Waals surface area contributed by atoms with E-state index in [2.05, 4.69) is 31.2 Å². The average molecular weight is 282 g/mol. The molecule has 2 amide bonds. The third-order valence-corrected chi connectivity index (χ3v) is 2.77. The predicted octanol–water partition coefficient (Wildman–Crippen LogP) is 0.719. The van der Waals surface area contributed by atoms with Gasteiger partial charge in [0.05, 0.1) is 16.1 Å².